The molecule has 0 aliphatic rings. The van der Waals surface area contributed by atoms with Crippen molar-refractivity contribution < 1.29 is 10.0 Å². The maximum Gasteiger partial charge on any atom is 0.291 e. The molecule has 3 aromatic carbocycles. The van der Waals surface area contributed by atoms with Crippen molar-refractivity contribution in [2.75, 3.05) is 0 Å². The number of rotatable bonds is 6. The number of H-pyrrole nitrogens is 1. The first-order valence-corrected chi connectivity index (χ1v) is 12.0. The smallest absolute Gasteiger partial charge is 0.291 e. The van der Waals surface area contributed by atoms with Crippen LogP contribution >= 0.6 is 0 Å². The minimum absolute atomic E-state index is 0.0489. The lowest BCUT2D eigenvalue weighted by molar-refractivity contribution is -0.384. The van der Waals surface area contributed by atoms with Crippen molar-refractivity contribution in [1.29, 1.82) is 10.5 Å². The number of phenolic OH excluding ortho intramolecular Hbond substituents is 1. The first kappa shape index (κ1) is 26.2. The highest BCUT2D eigenvalue weighted by atomic mass is 16.6. The highest BCUT2D eigenvalue weighted by molar-refractivity contribution is 5.98. The normalized spacial score (nSPS) is 11.4. The van der Waals surface area contributed by atoms with Gasteiger partial charge in [-0.1, -0.05) is 24.3 Å². The molecule has 5 aromatic rings. The molecular formula is C29H18N8O4. The van der Waals surface area contributed by atoms with Crippen molar-refractivity contribution in [3.63, 3.8) is 0 Å². The largest absolute Gasteiger partial charge is 0.507 e. The molecule has 0 amide bonds. The number of benzene rings is 3. The Hall–Kier alpha value is -6.40. The number of nitrogens with zero attached hydrogens (tertiary/aromatic N) is 7. The Labute approximate surface area is 231 Å². The number of hydrogen-bond donors (Lipinski definition) is 2. The maximum atomic E-state index is 13.7. The van der Waals surface area contributed by atoms with Crippen molar-refractivity contribution >= 4 is 34.5 Å². The molecule has 12 heteroatoms. The topological polar surface area (TPSA) is 186 Å². The van der Waals surface area contributed by atoms with E-state index in [0.717, 1.165) is 10.2 Å². The minimum atomic E-state index is -0.875. The van der Waals surface area contributed by atoms with E-state index in [1.54, 1.807) is 31.2 Å². The van der Waals surface area contributed by atoms with Crippen LogP contribution in [0.2, 0.25) is 0 Å². The van der Waals surface area contributed by atoms with E-state index < -0.39 is 16.0 Å². The number of imidazole rings is 1. The molecule has 0 aliphatic carbocycles. The Bertz CT molecular complexity index is 2010. The lowest BCUT2D eigenvalue weighted by atomic mass is 9.96. The Morgan fingerprint density at radius 2 is 1.73 bits per heavy atom. The molecular weight excluding hydrogens is 524 g/mol. The fraction of sp³-hybridized carbons (Fsp3) is 0.0345. The van der Waals surface area contributed by atoms with Crippen molar-refractivity contribution in [3.8, 4) is 29.0 Å². The number of fused-ring (bicyclic) bond motifs is 1. The monoisotopic (exact) mass is 542 g/mol. The SMILES string of the molecule is C/C(=N\n1c(N=Cc2ccccc2O)c(C#N)c(-c2ccc([N+](=O)[O-])cc2)c(C#N)c1=O)c1nc2ccccc2[nH]1. The Balaban J connectivity index is 1.80. The molecule has 0 fully saturated rings. The lowest BCUT2D eigenvalue weighted by Gasteiger charge is -2.13. The zero-order chi connectivity index (χ0) is 29.1. The van der Waals surface area contributed by atoms with E-state index in [0.29, 0.717) is 16.9 Å². The lowest BCUT2D eigenvalue weighted by Crippen LogP contribution is -2.23. The first-order valence-electron chi connectivity index (χ1n) is 12.0. The first-order chi connectivity index (χ1) is 19.8. The zero-order valence-electron chi connectivity index (χ0n) is 21.3. The molecule has 0 saturated carbocycles. The van der Waals surface area contributed by atoms with Crippen LogP contribution in [0.3, 0.4) is 0 Å². The van der Waals surface area contributed by atoms with Gasteiger partial charge in [-0.3, -0.25) is 14.9 Å². The van der Waals surface area contributed by atoms with Crippen LogP contribution in [0.25, 0.3) is 22.2 Å². The number of para-hydroxylation sites is 3. The van der Waals surface area contributed by atoms with Gasteiger partial charge in [0.25, 0.3) is 11.2 Å². The second-order valence-corrected chi connectivity index (χ2v) is 8.70. The predicted molar refractivity (Wildman–Crippen MR) is 151 cm³/mol. The van der Waals surface area contributed by atoms with Crippen LogP contribution in [-0.4, -0.2) is 36.6 Å². The van der Waals surface area contributed by atoms with Crippen LogP contribution in [0.15, 0.2) is 87.7 Å². The summed E-state index contributed by atoms with van der Waals surface area (Å²) in [7, 11) is 0. The molecule has 2 heterocycles. The Morgan fingerprint density at radius 1 is 1.05 bits per heavy atom. The summed E-state index contributed by atoms with van der Waals surface area (Å²) in [6, 6.07) is 22.6. The number of hydrogen-bond acceptors (Lipinski definition) is 9. The number of non-ortho nitro benzene ring substituents is 1. The van der Waals surface area contributed by atoms with E-state index in [2.05, 4.69) is 20.1 Å². The van der Waals surface area contributed by atoms with Crippen LogP contribution in [-0.2, 0) is 0 Å². The van der Waals surface area contributed by atoms with Crippen LogP contribution in [0, 0.1) is 32.8 Å². The average molecular weight is 543 g/mol. The fourth-order valence-corrected chi connectivity index (χ4v) is 4.16. The Kier molecular flexibility index (Phi) is 6.88. The van der Waals surface area contributed by atoms with Crippen molar-refractivity contribution in [1.82, 2.24) is 14.6 Å². The van der Waals surface area contributed by atoms with Gasteiger partial charge in [-0.15, -0.1) is 0 Å². The van der Waals surface area contributed by atoms with E-state index >= 15 is 0 Å². The van der Waals surface area contributed by atoms with E-state index in [1.165, 1.54) is 36.5 Å². The summed E-state index contributed by atoms with van der Waals surface area (Å²) in [4.78, 5) is 36.3. The quantitative estimate of drug-likeness (QED) is 0.176. The molecule has 0 saturated heterocycles. The predicted octanol–water partition coefficient (Wildman–Crippen LogP) is 4.77. The number of pyridine rings is 1. The number of aliphatic imine (C=N–C) groups is 1. The van der Waals surface area contributed by atoms with Gasteiger partial charge in [-0.25, -0.2) is 9.98 Å². The van der Waals surface area contributed by atoms with Gasteiger partial charge in [0.05, 0.1) is 16.0 Å². The molecule has 0 aliphatic heterocycles. The van der Waals surface area contributed by atoms with Crippen LogP contribution in [0.4, 0.5) is 11.5 Å². The van der Waals surface area contributed by atoms with E-state index in [1.807, 2.05) is 30.3 Å². The van der Waals surface area contributed by atoms with E-state index in [4.69, 9.17) is 0 Å². The summed E-state index contributed by atoms with van der Waals surface area (Å²) >= 11 is 0. The maximum absolute atomic E-state index is 13.7. The van der Waals surface area contributed by atoms with Gasteiger partial charge in [0, 0.05) is 29.5 Å². The molecule has 2 N–H and O–H groups in total. The van der Waals surface area contributed by atoms with E-state index in [9.17, 15) is 30.5 Å². The number of nitro groups is 1. The number of nitriles is 2. The Morgan fingerprint density at radius 3 is 2.39 bits per heavy atom. The summed E-state index contributed by atoms with van der Waals surface area (Å²) in [5.41, 5.74) is 0.491. The third kappa shape index (κ3) is 4.92. The third-order valence-corrected chi connectivity index (χ3v) is 6.17. The van der Waals surface area contributed by atoms with E-state index in [-0.39, 0.29) is 39.7 Å². The summed E-state index contributed by atoms with van der Waals surface area (Å²) in [5.74, 6) is 0.0450. The second-order valence-electron chi connectivity index (χ2n) is 8.70. The molecule has 5 rings (SSSR count). The molecule has 0 atom stereocenters. The van der Waals surface area contributed by atoms with Gasteiger partial charge in [0.15, 0.2) is 11.6 Å². The summed E-state index contributed by atoms with van der Waals surface area (Å²) in [6.45, 7) is 1.60. The molecule has 2 aromatic heterocycles. The molecule has 0 spiro atoms. The van der Waals surface area contributed by atoms with Gasteiger partial charge < -0.3 is 10.1 Å². The number of aromatic nitrogens is 3. The minimum Gasteiger partial charge on any atom is -0.507 e. The average Bonchev–Trinajstić information content (AvgIpc) is 3.42. The third-order valence-electron chi connectivity index (χ3n) is 6.17. The van der Waals surface area contributed by atoms with Gasteiger partial charge in [-0.2, -0.15) is 20.3 Å². The number of aromatic hydroxyl groups is 1. The van der Waals surface area contributed by atoms with Gasteiger partial charge in [0.2, 0.25) is 0 Å². The fourth-order valence-electron chi connectivity index (χ4n) is 4.16. The van der Waals surface area contributed by atoms with Crippen molar-refractivity contribution in [3.05, 3.63) is 116 Å². The van der Waals surface area contributed by atoms with Gasteiger partial charge in [0.1, 0.15) is 34.7 Å². The molecule has 198 valence electrons. The summed E-state index contributed by atoms with van der Waals surface area (Å²) in [6.07, 6.45) is 1.26. The van der Waals surface area contributed by atoms with Crippen LogP contribution < -0.4 is 5.56 Å². The summed E-state index contributed by atoms with van der Waals surface area (Å²) < 4.78 is 0.838. The summed E-state index contributed by atoms with van der Waals surface area (Å²) in [5, 5.41) is 46.1. The molecule has 0 bridgehead atoms. The molecule has 0 unspecified atom stereocenters. The number of aromatic amines is 1. The molecule has 41 heavy (non-hydrogen) atoms. The molecule has 12 nitrogen and oxygen atoms in total. The van der Waals surface area contributed by atoms with Crippen LogP contribution in [0.5, 0.6) is 5.75 Å². The number of phenols is 1. The van der Waals surface area contributed by atoms with Crippen LogP contribution in [0.1, 0.15) is 29.4 Å². The van der Waals surface area contributed by atoms with Crippen molar-refractivity contribution in [2.45, 2.75) is 6.92 Å². The van der Waals surface area contributed by atoms with Gasteiger partial charge in [-0.05, 0) is 48.9 Å². The highest BCUT2D eigenvalue weighted by Gasteiger charge is 2.24. The standard InChI is InChI=1S/C29H18N8O4/c1-17(27-33-23-7-3-4-8-24(23)34-27)35-36-28(32-16-19-6-2-5-9-25(19)38)21(14-30)26(22(15-31)29(36)39)18-10-12-20(13-11-18)37(40)41/h2-13,16,38H,1H3,(H,33,34)/b32-16?,35-17+. The van der Waals surface area contributed by atoms with Gasteiger partial charge >= 0.3 is 0 Å². The number of nitrogens with one attached hydrogen (secondary N) is 1. The zero-order valence-corrected chi connectivity index (χ0v) is 21.3. The highest BCUT2D eigenvalue weighted by Crippen LogP contribution is 2.33. The number of nitro benzene ring substituents is 1. The molecule has 0 radical (unpaired) electrons. The van der Waals surface area contributed by atoms with Crippen molar-refractivity contribution in [2.24, 2.45) is 10.1 Å². The second kappa shape index (κ2) is 10.8.